The van der Waals surface area contributed by atoms with E-state index in [2.05, 4.69) is 19.2 Å². The third kappa shape index (κ3) is 4.53. The van der Waals surface area contributed by atoms with Crippen molar-refractivity contribution in [2.45, 2.75) is 33.6 Å². The molecule has 4 rings (SSSR count). The van der Waals surface area contributed by atoms with Gasteiger partial charge in [-0.25, -0.2) is 4.90 Å². The molecule has 0 spiro atoms. The Balaban J connectivity index is 1.75. The quantitative estimate of drug-likeness (QED) is 0.464. The van der Waals surface area contributed by atoms with Crippen molar-refractivity contribution in [1.82, 2.24) is 0 Å². The van der Waals surface area contributed by atoms with Crippen molar-refractivity contribution in [2.24, 2.45) is 0 Å². The van der Waals surface area contributed by atoms with Crippen LogP contribution in [0.4, 0.5) is 11.4 Å². The second-order valence-corrected chi connectivity index (χ2v) is 8.39. The van der Waals surface area contributed by atoms with E-state index < -0.39 is 0 Å². The zero-order valence-electron chi connectivity index (χ0n) is 19.4. The number of nitrogens with zero attached hydrogens (tertiary/aromatic N) is 1. The molecule has 1 aliphatic rings. The fourth-order valence-electron chi connectivity index (χ4n) is 3.82. The van der Waals surface area contributed by atoms with E-state index in [4.69, 9.17) is 4.74 Å². The minimum absolute atomic E-state index is 0.266. The fourth-order valence-corrected chi connectivity index (χ4v) is 3.82. The summed E-state index contributed by atoms with van der Waals surface area (Å²) in [5.41, 5.74) is 4.83. The van der Waals surface area contributed by atoms with Gasteiger partial charge < -0.3 is 10.1 Å². The number of nitrogens with one attached hydrogen (secondary N) is 1. The summed E-state index contributed by atoms with van der Waals surface area (Å²) in [6.07, 6.45) is 0. The standard InChI is InChI=1S/C28H28N2O3/c1-5-33-24-16-10-21(11-17-24)25-26(29-22-12-8-20(9-13-22)18(2)3)28(32)30(27(25)31)23-14-6-19(4)7-15-23/h6-18,29H,5H2,1-4H3. The van der Waals surface area contributed by atoms with E-state index >= 15 is 0 Å². The Labute approximate surface area is 194 Å². The van der Waals surface area contributed by atoms with Gasteiger partial charge in [0.1, 0.15) is 11.4 Å². The number of hydrogen-bond acceptors (Lipinski definition) is 4. The maximum atomic E-state index is 13.5. The molecule has 0 saturated heterocycles. The van der Waals surface area contributed by atoms with Crippen LogP contribution in [0, 0.1) is 6.92 Å². The summed E-state index contributed by atoms with van der Waals surface area (Å²) in [5.74, 6) is 0.396. The van der Waals surface area contributed by atoms with E-state index in [1.165, 1.54) is 10.5 Å². The molecule has 0 bridgehead atoms. The molecule has 5 heteroatoms. The first-order valence-electron chi connectivity index (χ1n) is 11.2. The molecule has 1 N–H and O–H groups in total. The number of anilines is 2. The molecule has 1 aliphatic heterocycles. The molecule has 0 unspecified atom stereocenters. The first-order chi connectivity index (χ1) is 15.9. The minimum atomic E-state index is -0.374. The Kier molecular flexibility index (Phi) is 6.31. The van der Waals surface area contributed by atoms with Crippen LogP contribution in [-0.4, -0.2) is 18.4 Å². The number of benzene rings is 3. The number of carbonyl (C=O) groups is 2. The zero-order valence-corrected chi connectivity index (χ0v) is 19.4. The highest BCUT2D eigenvalue weighted by Crippen LogP contribution is 2.34. The summed E-state index contributed by atoms with van der Waals surface area (Å²) >= 11 is 0. The largest absolute Gasteiger partial charge is 0.494 e. The highest BCUT2D eigenvalue weighted by molar-refractivity contribution is 6.46. The number of amides is 2. The van der Waals surface area contributed by atoms with Crippen LogP contribution >= 0.6 is 0 Å². The smallest absolute Gasteiger partial charge is 0.282 e. The number of hydrogen-bond donors (Lipinski definition) is 1. The van der Waals surface area contributed by atoms with Crippen LogP contribution in [0.1, 0.15) is 43.4 Å². The number of rotatable bonds is 7. The molecule has 168 valence electrons. The van der Waals surface area contributed by atoms with Crippen molar-refractivity contribution >= 4 is 28.8 Å². The van der Waals surface area contributed by atoms with Crippen molar-refractivity contribution < 1.29 is 14.3 Å². The van der Waals surface area contributed by atoms with Gasteiger partial charge in [-0.15, -0.1) is 0 Å². The third-order valence-electron chi connectivity index (χ3n) is 5.68. The monoisotopic (exact) mass is 440 g/mol. The van der Waals surface area contributed by atoms with Crippen molar-refractivity contribution in [3.05, 3.63) is 95.2 Å². The molecule has 0 radical (unpaired) electrons. The average Bonchev–Trinajstić information content (AvgIpc) is 3.05. The number of ether oxygens (including phenoxy) is 1. The molecule has 33 heavy (non-hydrogen) atoms. The van der Waals surface area contributed by atoms with E-state index in [9.17, 15) is 9.59 Å². The molecule has 0 aliphatic carbocycles. The highest BCUT2D eigenvalue weighted by Gasteiger charge is 2.40. The molecule has 0 saturated carbocycles. The third-order valence-corrected chi connectivity index (χ3v) is 5.68. The average molecular weight is 441 g/mol. The highest BCUT2D eigenvalue weighted by atomic mass is 16.5. The molecule has 3 aromatic carbocycles. The minimum Gasteiger partial charge on any atom is -0.494 e. The maximum absolute atomic E-state index is 13.5. The first kappa shape index (κ1) is 22.3. The van der Waals surface area contributed by atoms with Crippen LogP contribution in [0.15, 0.2) is 78.5 Å². The van der Waals surface area contributed by atoms with Gasteiger partial charge in [-0.3, -0.25) is 9.59 Å². The van der Waals surface area contributed by atoms with E-state index in [1.54, 1.807) is 12.1 Å². The van der Waals surface area contributed by atoms with Gasteiger partial charge in [-0.05, 0) is 67.3 Å². The van der Waals surface area contributed by atoms with Crippen LogP contribution in [0.2, 0.25) is 0 Å². The summed E-state index contributed by atoms with van der Waals surface area (Å²) in [5, 5.41) is 3.22. The Morgan fingerprint density at radius 1 is 0.848 bits per heavy atom. The first-order valence-corrected chi connectivity index (χ1v) is 11.2. The Bertz CT molecular complexity index is 1190. The van der Waals surface area contributed by atoms with Gasteiger partial charge in [0, 0.05) is 5.69 Å². The lowest BCUT2D eigenvalue weighted by molar-refractivity contribution is -0.120. The topological polar surface area (TPSA) is 58.6 Å². The summed E-state index contributed by atoms with van der Waals surface area (Å²) in [7, 11) is 0. The molecule has 2 amide bonds. The number of carbonyl (C=O) groups excluding carboxylic acids is 2. The van der Waals surface area contributed by atoms with E-state index in [0.29, 0.717) is 35.1 Å². The Morgan fingerprint density at radius 3 is 2.06 bits per heavy atom. The molecular weight excluding hydrogens is 412 g/mol. The zero-order chi connectivity index (χ0) is 23.5. The van der Waals surface area contributed by atoms with Crippen LogP contribution < -0.4 is 15.0 Å². The predicted octanol–water partition coefficient (Wildman–Crippen LogP) is 5.91. The van der Waals surface area contributed by atoms with Gasteiger partial charge in [0.25, 0.3) is 11.8 Å². The fraction of sp³-hybridized carbons (Fsp3) is 0.214. The molecule has 0 aromatic heterocycles. The molecule has 0 atom stereocenters. The Hall–Kier alpha value is -3.86. The van der Waals surface area contributed by atoms with E-state index in [-0.39, 0.29) is 17.5 Å². The summed E-state index contributed by atoms with van der Waals surface area (Å²) in [6.45, 7) is 8.71. The van der Waals surface area contributed by atoms with E-state index in [0.717, 1.165) is 11.3 Å². The molecular formula is C28H28N2O3. The van der Waals surface area contributed by atoms with Crippen LogP contribution in [0.25, 0.3) is 5.57 Å². The molecule has 1 heterocycles. The second-order valence-electron chi connectivity index (χ2n) is 8.39. The van der Waals surface area contributed by atoms with E-state index in [1.807, 2.05) is 74.5 Å². The lowest BCUT2D eigenvalue weighted by Crippen LogP contribution is -2.32. The van der Waals surface area contributed by atoms with Gasteiger partial charge in [-0.1, -0.05) is 55.8 Å². The lowest BCUT2D eigenvalue weighted by atomic mass is 10.0. The molecule has 0 fully saturated rings. The van der Waals surface area contributed by atoms with Crippen molar-refractivity contribution in [2.75, 3.05) is 16.8 Å². The number of aryl methyl sites for hydroxylation is 1. The summed E-state index contributed by atoms with van der Waals surface area (Å²) in [6, 6.07) is 22.6. The normalized spacial score (nSPS) is 13.8. The van der Waals surface area contributed by atoms with Crippen molar-refractivity contribution in [1.29, 1.82) is 0 Å². The van der Waals surface area contributed by atoms with Gasteiger partial charge in [0.15, 0.2) is 0 Å². The molecule has 3 aromatic rings. The lowest BCUT2D eigenvalue weighted by Gasteiger charge is -2.16. The summed E-state index contributed by atoms with van der Waals surface area (Å²) in [4.78, 5) is 28.3. The summed E-state index contributed by atoms with van der Waals surface area (Å²) < 4.78 is 5.53. The van der Waals surface area contributed by atoms with Gasteiger partial charge >= 0.3 is 0 Å². The maximum Gasteiger partial charge on any atom is 0.282 e. The van der Waals surface area contributed by atoms with Gasteiger partial charge in [0.05, 0.1) is 17.9 Å². The van der Waals surface area contributed by atoms with Crippen LogP contribution in [-0.2, 0) is 9.59 Å². The SMILES string of the molecule is CCOc1ccc(C2=C(Nc3ccc(C(C)C)cc3)C(=O)N(c3ccc(C)cc3)C2=O)cc1. The van der Waals surface area contributed by atoms with Gasteiger partial charge in [0.2, 0.25) is 0 Å². The van der Waals surface area contributed by atoms with Crippen LogP contribution in [0.5, 0.6) is 5.75 Å². The number of imide groups is 1. The molecule has 5 nitrogen and oxygen atoms in total. The second kappa shape index (κ2) is 9.33. The van der Waals surface area contributed by atoms with Gasteiger partial charge in [-0.2, -0.15) is 0 Å². The van der Waals surface area contributed by atoms with Crippen LogP contribution in [0.3, 0.4) is 0 Å². The van der Waals surface area contributed by atoms with Crippen molar-refractivity contribution in [3.63, 3.8) is 0 Å². The van der Waals surface area contributed by atoms with Crippen molar-refractivity contribution in [3.8, 4) is 5.75 Å². The Morgan fingerprint density at radius 2 is 1.48 bits per heavy atom. The predicted molar refractivity (Wildman–Crippen MR) is 132 cm³/mol.